The summed E-state index contributed by atoms with van der Waals surface area (Å²) in [6, 6.07) is 5.80. The topological polar surface area (TPSA) is 64.8 Å². The lowest BCUT2D eigenvalue weighted by molar-refractivity contribution is -0.124. The van der Waals surface area contributed by atoms with E-state index in [0.29, 0.717) is 6.54 Å². The first kappa shape index (κ1) is 18.6. The van der Waals surface area contributed by atoms with Crippen LogP contribution >= 0.6 is 0 Å². The molecule has 2 rings (SSSR count). The Morgan fingerprint density at radius 1 is 1.12 bits per heavy atom. The number of benzene rings is 1. The van der Waals surface area contributed by atoms with E-state index < -0.39 is 0 Å². The maximum Gasteiger partial charge on any atom is 0.234 e. The van der Waals surface area contributed by atoms with E-state index in [0.717, 1.165) is 42.9 Å². The number of nitrogens with zero attached hydrogens (tertiary/aromatic N) is 1. The van der Waals surface area contributed by atoms with E-state index in [1.807, 2.05) is 45.9 Å². The van der Waals surface area contributed by atoms with Crippen molar-refractivity contribution in [1.29, 1.82) is 0 Å². The third-order valence-electron chi connectivity index (χ3n) is 4.01. The van der Waals surface area contributed by atoms with Gasteiger partial charge in [0.1, 0.15) is 11.5 Å². The quantitative estimate of drug-likeness (QED) is 0.832. The number of hydrogen-bond donors (Lipinski definition) is 1. The van der Waals surface area contributed by atoms with Crippen LogP contribution in [-0.4, -0.2) is 35.6 Å². The Labute approximate surface area is 145 Å². The van der Waals surface area contributed by atoms with Crippen molar-refractivity contribution in [3.8, 4) is 11.5 Å². The Morgan fingerprint density at radius 2 is 1.71 bits per heavy atom. The Morgan fingerprint density at radius 3 is 2.21 bits per heavy atom. The van der Waals surface area contributed by atoms with Crippen molar-refractivity contribution in [2.45, 2.75) is 71.8 Å². The van der Waals surface area contributed by atoms with E-state index in [4.69, 9.17) is 15.2 Å². The minimum atomic E-state index is -0.233. The monoisotopic (exact) mass is 334 g/mol. The molecule has 1 amide bonds. The van der Waals surface area contributed by atoms with E-state index in [1.165, 1.54) is 0 Å². The molecule has 1 fully saturated rings. The van der Waals surface area contributed by atoms with Crippen molar-refractivity contribution >= 4 is 5.91 Å². The van der Waals surface area contributed by atoms with Crippen LogP contribution in [0.15, 0.2) is 18.2 Å². The van der Waals surface area contributed by atoms with Crippen molar-refractivity contribution < 1.29 is 14.3 Å². The van der Waals surface area contributed by atoms with Gasteiger partial charge in [-0.2, -0.15) is 0 Å². The molecule has 2 N–H and O–H groups in total. The Kier molecular flexibility index (Phi) is 6.49. The van der Waals surface area contributed by atoms with Crippen LogP contribution in [0, 0.1) is 0 Å². The minimum Gasteiger partial charge on any atom is -0.491 e. The lowest BCUT2D eigenvalue weighted by atomic mass is 10.0. The van der Waals surface area contributed by atoms with Gasteiger partial charge in [-0.25, -0.2) is 0 Å². The predicted molar refractivity (Wildman–Crippen MR) is 95.2 cm³/mol. The summed E-state index contributed by atoms with van der Waals surface area (Å²) in [6.07, 6.45) is 3.19. The van der Waals surface area contributed by atoms with Crippen LogP contribution in [0.25, 0.3) is 0 Å². The zero-order valence-electron chi connectivity index (χ0n) is 15.2. The number of likely N-dealkylation sites (tertiary alicyclic amines) is 1. The summed E-state index contributed by atoms with van der Waals surface area (Å²) in [5.41, 5.74) is 6.65. The largest absolute Gasteiger partial charge is 0.491 e. The molecule has 1 aliphatic heterocycles. The Balaban J connectivity index is 2.21. The van der Waals surface area contributed by atoms with Gasteiger partial charge in [0.2, 0.25) is 5.91 Å². The molecule has 0 aliphatic carbocycles. The van der Waals surface area contributed by atoms with Crippen molar-refractivity contribution in [3.63, 3.8) is 0 Å². The molecule has 1 saturated heterocycles. The van der Waals surface area contributed by atoms with E-state index in [2.05, 4.69) is 4.90 Å². The van der Waals surface area contributed by atoms with Crippen LogP contribution in [0.1, 0.15) is 52.5 Å². The van der Waals surface area contributed by atoms with Crippen molar-refractivity contribution in [3.05, 3.63) is 23.8 Å². The fourth-order valence-electron chi connectivity index (χ4n) is 3.14. The number of carbonyl (C=O) groups excluding carboxylic acids is 1. The Hall–Kier alpha value is -1.75. The average Bonchev–Trinajstić information content (AvgIpc) is 2.45. The van der Waals surface area contributed by atoms with Gasteiger partial charge in [-0.3, -0.25) is 9.69 Å². The molecule has 0 bridgehead atoms. The van der Waals surface area contributed by atoms with Gasteiger partial charge in [0.25, 0.3) is 0 Å². The van der Waals surface area contributed by atoms with E-state index in [1.54, 1.807) is 0 Å². The minimum absolute atomic E-state index is 0.0977. The standard InChI is InChI=1S/C19H30N2O3/c1-13(2)23-16-9-15(10-17(11-16)24-14(3)4)12-21-8-6-5-7-18(21)19(20)22/h9-11,13-14,18H,5-8,12H2,1-4H3,(H2,20,22). The maximum absolute atomic E-state index is 11.7. The molecule has 0 radical (unpaired) electrons. The molecular weight excluding hydrogens is 304 g/mol. The normalized spacial score (nSPS) is 18.8. The summed E-state index contributed by atoms with van der Waals surface area (Å²) < 4.78 is 11.7. The first-order valence-electron chi connectivity index (χ1n) is 8.86. The number of primary amides is 1. The van der Waals surface area contributed by atoms with Crippen LogP contribution in [0.5, 0.6) is 11.5 Å². The first-order valence-corrected chi connectivity index (χ1v) is 8.86. The summed E-state index contributed by atoms with van der Waals surface area (Å²) in [5.74, 6) is 1.36. The van der Waals surface area contributed by atoms with Gasteiger partial charge in [0.05, 0.1) is 18.2 Å². The highest BCUT2D eigenvalue weighted by Gasteiger charge is 2.27. The van der Waals surface area contributed by atoms with E-state index >= 15 is 0 Å². The molecule has 1 aromatic rings. The first-order chi connectivity index (χ1) is 11.3. The Bertz CT molecular complexity index is 529. The third-order valence-corrected chi connectivity index (χ3v) is 4.01. The number of piperidine rings is 1. The molecule has 1 aliphatic rings. The molecule has 0 saturated carbocycles. The zero-order valence-corrected chi connectivity index (χ0v) is 15.2. The highest BCUT2D eigenvalue weighted by atomic mass is 16.5. The molecule has 1 aromatic carbocycles. The summed E-state index contributed by atoms with van der Waals surface area (Å²) >= 11 is 0. The number of carbonyl (C=O) groups is 1. The highest BCUT2D eigenvalue weighted by molar-refractivity contribution is 5.79. The van der Waals surface area contributed by atoms with Gasteiger partial charge < -0.3 is 15.2 Å². The van der Waals surface area contributed by atoms with Gasteiger partial charge in [-0.15, -0.1) is 0 Å². The second kappa shape index (κ2) is 8.38. The van der Waals surface area contributed by atoms with Crippen molar-refractivity contribution in [2.75, 3.05) is 6.54 Å². The van der Waals surface area contributed by atoms with Gasteiger partial charge in [-0.05, 0) is 64.8 Å². The molecule has 0 aromatic heterocycles. The molecule has 134 valence electrons. The van der Waals surface area contributed by atoms with Gasteiger partial charge in [0.15, 0.2) is 0 Å². The lowest BCUT2D eigenvalue weighted by Crippen LogP contribution is -2.47. The zero-order chi connectivity index (χ0) is 17.7. The number of rotatable bonds is 7. The van der Waals surface area contributed by atoms with Crippen LogP contribution in [0.2, 0.25) is 0 Å². The summed E-state index contributed by atoms with van der Waals surface area (Å²) in [5, 5.41) is 0. The molecular formula is C19H30N2O3. The third kappa shape index (κ3) is 5.41. The van der Waals surface area contributed by atoms with Crippen LogP contribution < -0.4 is 15.2 Å². The van der Waals surface area contributed by atoms with Gasteiger partial charge in [0, 0.05) is 12.6 Å². The molecule has 24 heavy (non-hydrogen) atoms. The van der Waals surface area contributed by atoms with E-state index in [9.17, 15) is 4.79 Å². The fourth-order valence-corrected chi connectivity index (χ4v) is 3.14. The predicted octanol–water partition coefficient (Wildman–Crippen LogP) is 3.10. The van der Waals surface area contributed by atoms with Crippen molar-refractivity contribution in [1.82, 2.24) is 4.90 Å². The lowest BCUT2D eigenvalue weighted by Gasteiger charge is -2.33. The number of hydrogen-bond acceptors (Lipinski definition) is 4. The molecule has 1 unspecified atom stereocenters. The molecule has 0 spiro atoms. The van der Waals surface area contributed by atoms with Crippen LogP contribution in [-0.2, 0) is 11.3 Å². The molecule has 5 heteroatoms. The second-order valence-corrected chi connectivity index (χ2v) is 7.03. The maximum atomic E-state index is 11.7. The average molecular weight is 334 g/mol. The molecule has 1 heterocycles. The van der Waals surface area contributed by atoms with Crippen molar-refractivity contribution in [2.24, 2.45) is 5.73 Å². The molecule has 5 nitrogen and oxygen atoms in total. The fraction of sp³-hybridized carbons (Fsp3) is 0.632. The number of nitrogens with two attached hydrogens (primary N) is 1. The number of amides is 1. The van der Waals surface area contributed by atoms with Gasteiger partial charge >= 0.3 is 0 Å². The second-order valence-electron chi connectivity index (χ2n) is 7.03. The number of ether oxygens (including phenoxy) is 2. The van der Waals surface area contributed by atoms with E-state index in [-0.39, 0.29) is 24.2 Å². The SMILES string of the molecule is CC(C)Oc1cc(CN2CCCCC2C(N)=O)cc(OC(C)C)c1. The highest BCUT2D eigenvalue weighted by Crippen LogP contribution is 2.27. The summed E-state index contributed by atoms with van der Waals surface area (Å²) in [4.78, 5) is 13.9. The van der Waals surface area contributed by atoms with Crippen LogP contribution in [0.4, 0.5) is 0 Å². The summed E-state index contributed by atoms with van der Waals surface area (Å²) in [6.45, 7) is 9.58. The van der Waals surface area contributed by atoms with Gasteiger partial charge in [-0.1, -0.05) is 6.42 Å². The summed E-state index contributed by atoms with van der Waals surface area (Å²) in [7, 11) is 0. The molecule has 1 atom stereocenters. The van der Waals surface area contributed by atoms with Crippen LogP contribution in [0.3, 0.4) is 0 Å². The smallest absolute Gasteiger partial charge is 0.234 e.